The molecule has 1 N–H and O–H groups in total. The van der Waals surface area contributed by atoms with Crippen LogP contribution in [0.1, 0.15) is 33.6 Å². The molecule has 0 amide bonds. The van der Waals surface area contributed by atoms with E-state index in [9.17, 15) is 9.59 Å². The molecule has 0 spiro atoms. The molecular weight excluding hydrogens is 200 g/mol. The van der Waals surface area contributed by atoms with E-state index in [1.54, 1.807) is 0 Å². The second-order valence-electron chi connectivity index (χ2n) is 2.75. The molecule has 0 saturated carbocycles. The lowest BCUT2D eigenvalue weighted by Gasteiger charge is -2.00. The van der Waals surface area contributed by atoms with Crippen LogP contribution < -0.4 is 0 Å². The van der Waals surface area contributed by atoms with Crippen LogP contribution in [0.3, 0.4) is 0 Å². The van der Waals surface area contributed by atoms with Crippen molar-refractivity contribution in [3.8, 4) is 0 Å². The lowest BCUT2D eigenvalue weighted by molar-refractivity contribution is -0.155. The molecule has 0 unspecified atom stereocenters. The maximum Gasteiger partial charge on any atom is 0.341 e. The molecule has 0 aromatic heterocycles. The summed E-state index contributed by atoms with van der Waals surface area (Å²) < 4.78 is 4.29. The number of hydrogen-bond donors (Lipinski definition) is 1. The first-order chi connectivity index (χ1) is 6.81. The molecule has 0 rings (SSSR count). The fourth-order valence-corrected chi connectivity index (χ4v) is 0.607. The summed E-state index contributed by atoms with van der Waals surface area (Å²) in [6, 6.07) is 0. The first kappa shape index (κ1) is 15.8. The first-order valence-electron chi connectivity index (χ1n) is 4.41. The number of carbonyl (C=O) groups excluding carboxylic acids is 2. The molecule has 5 heteroatoms. The molecule has 0 aliphatic rings. The number of carboxylic acid groups (broad SMARTS) is 1. The van der Waals surface area contributed by atoms with Crippen LogP contribution in [0.5, 0.6) is 0 Å². The smallest absolute Gasteiger partial charge is 0.341 e. The first-order valence-corrected chi connectivity index (χ1v) is 4.41. The Bertz CT molecular complexity index is 251. The van der Waals surface area contributed by atoms with Crippen LogP contribution >= 0.6 is 0 Å². The summed E-state index contributed by atoms with van der Waals surface area (Å²) in [5.41, 5.74) is 0.350. The van der Waals surface area contributed by atoms with Gasteiger partial charge in [0.05, 0.1) is 0 Å². The van der Waals surface area contributed by atoms with Gasteiger partial charge in [-0.05, 0) is 6.42 Å². The zero-order chi connectivity index (χ0) is 12.4. The number of rotatable bonds is 3. The fourth-order valence-electron chi connectivity index (χ4n) is 0.607. The topological polar surface area (TPSA) is 80.7 Å². The molecular formula is C10H16O5. The molecule has 86 valence electrons. The molecule has 5 nitrogen and oxygen atoms in total. The Kier molecular flexibility index (Phi) is 9.41. The van der Waals surface area contributed by atoms with Gasteiger partial charge in [-0.15, -0.1) is 0 Å². The molecule has 0 bridgehead atoms. The summed E-state index contributed by atoms with van der Waals surface area (Å²) in [5.74, 6) is -2.04. The van der Waals surface area contributed by atoms with Gasteiger partial charge in [0, 0.05) is 19.4 Å². The molecule has 0 radical (unpaired) electrons. The van der Waals surface area contributed by atoms with Gasteiger partial charge in [0.15, 0.2) is 0 Å². The summed E-state index contributed by atoms with van der Waals surface area (Å²) in [6.45, 7) is 7.67. The zero-order valence-corrected chi connectivity index (χ0v) is 9.20. The van der Waals surface area contributed by atoms with Crippen LogP contribution in [-0.4, -0.2) is 23.0 Å². The molecule has 0 aromatic rings. The molecule has 0 heterocycles. The van der Waals surface area contributed by atoms with Gasteiger partial charge in [-0.2, -0.15) is 0 Å². The van der Waals surface area contributed by atoms with Crippen molar-refractivity contribution in [2.24, 2.45) is 0 Å². The Hall–Kier alpha value is -1.65. The number of aliphatic carboxylic acids is 1. The highest BCUT2D eigenvalue weighted by Crippen LogP contribution is 2.03. The Morgan fingerprint density at radius 1 is 1.27 bits per heavy atom. The normalized spacial score (nSPS) is 8.20. The van der Waals surface area contributed by atoms with Crippen molar-refractivity contribution in [1.82, 2.24) is 0 Å². The molecule has 0 aromatic carbocycles. The number of carboxylic acids is 1. The SMILES string of the molecule is C=C(CCC)C(=O)OC(C)=O.CC(=O)O. The summed E-state index contributed by atoms with van der Waals surface area (Å²) in [5, 5.41) is 7.42. The van der Waals surface area contributed by atoms with Gasteiger partial charge >= 0.3 is 11.9 Å². The van der Waals surface area contributed by atoms with Gasteiger partial charge in [-0.1, -0.05) is 19.9 Å². The minimum absolute atomic E-state index is 0.350. The zero-order valence-electron chi connectivity index (χ0n) is 9.20. The second kappa shape index (κ2) is 8.93. The summed E-state index contributed by atoms with van der Waals surface area (Å²) >= 11 is 0. The van der Waals surface area contributed by atoms with E-state index in [1.165, 1.54) is 6.92 Å². The third-order valence-corrected chi connectivity index (χ3v) is 1.08. The van der Waals surface area contributed by atoms with Crippen LogP contribution in [-0.2, 0) is 19.1 Å². The summed E-state index contributed by atoms with van der Waals surface area (Å²) in [6.07, 6.45) is 1.40. The van der Waals surface area contributed by atoms with Gasteiger partial charge in [0.25, 0.3) is 5.97 Å². The number of esters is 2. The highest BCUT2D eigenvalue weighted by Gasteiger charge is 2.08. The van der Waals surface area contributed by atoms with Gasteiger partial charge in [0.2, 0.25) is 0 Å². The van der Waals surface area contributed by atoms with Gasteiger partial charge in [-0.25, -0.2) is 4.79 Å². The Morgan fingerprint density at radius 3 is 1.93 bits per heavy atom. The van der Waals surface area contributed by atoms with Crippen LogP contribution in [0.2, 0.25) is 0 Å². The van der Waals surface area contributed by atoms with Crippen LogP contribution in [0.25, 0.3) is 0 Å². The van der Waals surface area contributed by atoms with Crippen molar-refractivity contribution in [3.63, 3.8) is 0 Å². The Balaban J connectivity index is 0. The van der Waals surface area contributed by atoms with E-state index < -0.39 is 17.9 Å². The summed E-state index contributed by atoms with van der Waals surface area (Å²) in [7, 11) is 0. The highest BCUT2D eigenvalue weighted by atomic mass is 16.6. The van der Waals surface area contributed by atoms with Crippen molar-refractivity contribution < 1.29 is 24.2 Å². The molecule has 0 atom stereocenters. The Labute approximate surface area is 88.7 Å². The minimum atomic E-state index is -0.833. The number of hydrogen-bond acceptors (Lipinski definition) is 4. The van der Waals surface area contributed by atoms with E-state index >= 15 is 0 Å². The number of ether oxygens (including phenoxy) is 1. The van der Waals surface area contributed by atoms with E-state index in [-0.39, 0.29) is 0 Å². The highest BCUT2D eigenvalue weighted by molar-refractivity contribution is 5.95. The molecule has 0 fully saturated rings. The van der Waals surface area contributed by atoms with Crippen molar-refractivity contribution in [2.75, 3.05) is 0 Å². The maximum absolute atomic E-state index is 10.8. The predicted molar refractivity (Wildman–Crippen MR) is 54.1 cm³/mol. The minimum Gasteiger partial charge on any atom is -0.481 e. The lowest BCUT2D eigenvalue weighted by atomic mass is 10.2. The molecule has 15 heavy (non-hydrogen) atoms. The largest absolute Gasteiger partial charge is 0.481 e. The van der Waals surface area contributed by atoms with Crippen LogP contribution in [0.4, 0.5) is 0 Å². The molecule has 0 saturated heterocycles. The Morgan fingerprint density at radius 2 is 1.67 bits per heavy atom. The van der Waals surface area contributed by atoms with E-state index in [1.807, 2.05) is 6.92 Å². The van der Waals surface area contributed by atoms with Crippen molar-refractivity contribution in [2.45, 2.75) is 33.6 Å². The molecule has 0 aliphatic carbocycles. The van der Waals surface area contributed by atoms with Crippen LogP contribution in [0.15, 0.2) is 12.2 Å². The second-order valence-corrected chi connectivity index (χ2v) is 2.75. The van der Waals surface area contributed by atoms with E-state index in [2.05, 4.69) is 11.3 Å². The lowest BCUT2D eigenvalue weighted by Crippen LogP contribution is -2.10. The van der Waals surface area contributed by atoms with Crippen LogP contribution in [0, 0.1) is 0 Å². The van der Waals surface area contributed by atoms with E-state index in [0.29, 0.717) is 12.0 Å². The van der Waals surface area contributed by atoms with Gasteiger partial charge < -0.3 is 9.84 Å². The summed E-state index contributed by atoms with van der Waals surface area (Å²) in [4.78, 5) is 30.1. The van der Waals surface area contributed by atoms with Gasteiger partial charge in [-0.3, -0.25) is 9.59 Å². The monoisotopic (exact) mass is 216 g/mol. The van der Waals surface area contributed by atoms with E-state index in [4.69, 9.17) is 9.90 Å². The van der Waals surface area contributed by atoms with Gasteiger partial charge in [0.1, 0.15) is 0 Å². The quantitative estimate of drug-likeness (QED) is 0.439. The predicted octanol–water partition coefficient (Wildman–Crippen LogP) is 1.52. The maximum atomic E-state index is 10.8. The third kappa shape index (κ3) is 15.1. The van der Waals surface area contributed by atoms with Crippen molar-refractivity contribution in [3.05, 3.63) is 12.2 Å². The average molecular weight is 216 g/mol. The van der Waals surface area contributed by atoms with Crippen molar-refractivity contribution in [1.29, 1.82) is 0 Å². The number of carbonyl (C=O) groups is 3. The van der Waals surface area contributed by atoms with Crippen molar-refractivity contribution >= 4 is 17.9 Å². The molecule has 0 aliphatic heterocycles. The standard InChI is InChI=1S/C8H12O3.C2H4O2/c1-4-5-6(2)8(10)11-7(3)9;1-2(3)4/h2,4-5H2,1,3H3;1H3,(H,3,4). The average Bonchev–Trinajstić information content (AvgIpc) is 2.02. The third-order valence-electron chi connectivity index (χ3n) is 1.08. The van der Waals surface area contributed by atoms with E-state index in [0.717, 1.165) is 13.3 Å². The fraction of sp³-hybridized carbons (Fsp3) is 0.500.